The Bertz CT molecular complexity index is 1080. The summed E-state index contributed by atoms with van der Waals surface area (Å²) in [4.78, 5) is 6.22. The summed E-state index contributed by atoms with van der Waals surface area (Å²) in [6.07, 6.45) is 1.40. The Kier molecular flexibility index (Phi) is 5.26. The smallest absolute Gasteiger partial charge is 0.176 e. The van der Waals surface area contributed by atoms with Crippen LogP contribution < -0.4 is 4.90 Å². The molecule has 5 nitrogen and oxygen atoms in total. The normalized spacial score (nSPS) is 12.4. The molecule has 0 spiro atoms. The van der Waals surface area contributed by atoms with Crippen LogP contribution in [-0.4, -0.2) is 27.7 Å². The van der Waals surface area contributed by atoms with Gasteiger partial charge in [0, 0.05) is 24.7 Å². The number of halogens is 3. The first-order chi connectivity index (χ1) is 13.2. The van der Waals surface area contributed by atoms with E-state index < -0.39 is 11.6 Å². The van der Waals surface area contributed by atoms with Crippen LogP contribution in [0.3, 0.4) is 0 Å². The van der Waals surface area contributed by atoms with E-state index in [2.05, 4.69) is 23.9 Å². The zero-order valence-corrected chi connectivity index (χ0v) is 17.0. The van der Waals surface area contributed by atoms with Crippen molar-refractivity contribution in [2.45, 2.75) is 33.7 Å². The van der Waals surface area contributed by atoms with Crippen molar-refractivity contribution in [1.82, 2.24) is 14.6 Å². The summed E-state index contributed by atoms with van der Waals surface area (Å²) in [5.41, 5.74) is 1.41. The molecule has 8 heteroatoms. The van der Waals surface area contributed by atoms with Crippen LogP contribution in [0, 0.1) is 35.8 Å². The van der Waals surface area contributed by atoms with Gasteiger partial charge in [-0.2, -0.15) is 14.9 Å². The molecule has 1 aromatic carbocycles. The number of anilines is 1. The third-order valence-electron chi connectivity index (χ3n) is 5.11. The number of nitriles is 1. The molecular formula is C20H20ClF2N5. The van der Waals surface area contributed by atoms with E-state index in [1.165, 1.54) is 16.8 Å². The van der Waals surface area contributed by atoms with Crippen LogP contribution in [0.25, 0.3) is 16.8 Å². The second-order valence-electron chi connectivity index (χ2n) is 7.18. The van der Waals surface area contributed by atoms with E-state index in [0.29, 0.717) is 16.9 Å². The van der Waals surface area contributed by atoms with Gasteiger partial charge >= 0.3 is 0 Å². The molecule has 0 radical (unpaired) electrons. The molecule has 0 fully saturated rings. The van der Waals surface area contributed by atoms with Gasteiger partial charge in [-0.3, -0.25) is 0 Å². The molecule has 28 heavy (non-hydrogen) atoms. The molecule has 0 aliphatic rings. The molecule has 0 N–H and O–H groups in total. The molecule has 3 rings (SSSR count). The highest BCUT2D eigenvalue weighted by Crippen LogP contribution is 2.40. The number of hydrogen-bond donors (Lipinski definition) is 0. The first kappa shape index (κ1) is 20.0. The minimum atomic E-state index is -0.736. The summed E-state index contributed by atoms with van der Waals surface area (Å²) in [5, 5.41) is 13.7. The van der Waals surface area contributed by atoms with Crippen molar-refractivity contribution in [2.75, 3.05) is 11.9 Å². The quantitative estimate of drug-likeness (QED) is 0.576. The van der Waals surface area contributed by atoms with Crippen LogP contribution in [-0.2, 0) is 0 Å². The Morgan fingerprint density at radius 2 is 1.89 bits per heavy atom. The van der Waals surface area contributed by atoms with Crippen molar-refractivity contribution >= 4 is 23.1 Å². The maximum Gasteiger partial charge on any atom is 0.176 e. The second kappa shape index (κ2) is 7.36. The van der Waals surface area contributed by atoms with Gasteiger partial charge in [-0.15, -0.1) is 0 Å². The number of hydrogen-bond acceptors (Lipinski definition) is 4. The minimum absolute atomic E-state index is 0.0240. The topological polar surface area (TPSA) is 57.2 Å². The highest BCUT2D eigenvalue weighted by molar-refractivity contribution is 6.33. The van der Waals surface area contributed by atoms with Gasteiger partial charge in [0.05, 0.1) is 11.8 Å². The fraction of sp³-hybridized carbons (Fsp3) is 0.350. The summed E-state index contributed by atoms with van der Waals surface area (Å²) >= 11 is 6.49. The summed E-state index contributed by atoms with van der Waals surface area (Å²) in [6.45, 7) is 7.77. The number of rotatable bonds is 4. The van der Waals surface area contributed by atoms with Crippen molar-refractivity contribution in [1.29, 1.82) is 5.26 Å². The van der Waals surface area contributed by atoms with Crippen LogP contribution in [0.15, 0.2) is 18.3 Å². The third-order valence-corrected chi connectivity index (χ3v) is 5.38. The Balaban J connectivity index is 2.45. The van der Waals surface area contributed by atoms with E-state index >= 15 is 0 Å². The molecule has 146 valence electrons. The predicted molar refractivity (Wildman–Crippen MR) is 106 cm³/mol. The maximum absolute atomic E-state index is 14.8. The fourth-order valence-electron chi connectivity index (χ4n) is 3.23. The lowest BCUT2D eigenvalue weighted by molar-refractivity contribution is 0.500. The van der Waals surface area contributed by atoms with Crippen LogP contribution in [0.5, 0.6) is 0 Å². The molecule has 0 bridgehead atoms. The van der Waals surface area contributed by atoms with Gasteiger partial charge in [0.15, 0.2) is 5.65 Å². The van der Waals surface area contributed by atoms with Crippen molar-refractivity contribution in [2.24, 2.45) is 5.92 Å². The zero-order valence-electron chi connectivity index (χ0n) is 16.3. The summed E-state index contributed by atoms with van der Waals surface area (Å²) in [6, 6.07) is 4.15. The lowest BCUT2D eigenvalue weighted by atomic mass is 9.99. The number of benzene rings is 1. The Morgan fingerprint density at radius 3 is 2.46 bits per heavy atom. The SMILES string of the molecule is Cc1cc(F)cc(F)c1-c1c(Cl)nc2c(C#N)cnn2c1N(C)[C@H](C)C(C)C. The Hall–Kier alpha value is -2.72. The van der Waals surface area contributed by atoms with E-state index in [4.69, 9.17) is 11.6 Å². The molecule has 0 saturated heterocycles. The molecule has 2 aromatic heterocycles. The first-order valence-corrected chi connectivity index (χ1v) is 9.21. The molecule has 0 amide bonds. The maximum atomic E-state index is 14.8. The van der Waals surface area contributed by atoms with Gasteiger partial charge in [-0.1, -0.05) is 25.4 Å². The molecule has 0 aliphatic heterocycles. The minimum Gasteiger partial charge on any atom is -0.356 e. The van der Waals surface area contributed by atoms with Gasteiger partial charge in [-0.05, 0) is 31.4 Å². The average molecular weight is 404 g/mol. The summed E-state index contributed by atoms with van der Waals surface area (Å²) < 4.78 is 30.0. The lowest BCUT2D eigenvalue weighted by Gasteiger charge is -2.32. The molecular weight excluding hydrogens is 384 g/mol. The van der Waals surface area contributed by atoms with Crippen molar-refractivity contribution in [3.8, 4) is 17.2 Å². The number of aryl methyl sites for hydroxylation is 1. The van der Waals surface area contributed by atoms with Crippen molar-refractivity contribution < 1.29 is 8.78 Å². The van der Waals surface area contributed by atoms with Crippen LogP contribution in [0.2, 0.25) is 5.15 Å². The van der Waals surface area contributed by atoms with Gasteiger partial charge in [0.2, 0.25) is 0 Å². The fourth-order valence-corrected chi connectivity index (χ4v) is 3.49. The first-order valence-electron chi connectivity index (χ1n) is 8.83. The standard InChI is InChI=1S/C20H20ClF2N5/c1-10(2)12(4)27(5)20-17(16-11(3)6-14(22)7-15(16)23)18(21)26-19-13(8-24)9-25-28(19)20/h6-7,9-10,12H,1-5H3/t12-/m1/s1. The molecule has 0 aliphatic carbocycles. The second-order valence-corrected chi connectivity index (χ2v) is 7.54. The van der Waals surface area contributed by atoms with E-state index in [0.717, 1.165) is 6.07 Å². The number of fused-ring (bicyclic) bond motifs is 1. The van der Waals surface area contributed by atoms with E-state index in [9.17, 15) is 14.0 Å². The average Bonchev–Trinajstić information content (AvgIpc) is 3.02. The van der Waals surface area contributed by atoms with Gasteiger partial charge in [0.25, 0.3) is 0 Å². The molecule has 0 unspecified atom stereocenters. The highest BCUT2D eigenvalue weighted by atomic mass is 35.5. The predicted octanol–water partition coefficient (Wildman–Crippen LogP) is 4.99. The molecule has 2 heterocycles. The Labute approximate surface area is 167 Å². The van der Waals surface area contributed by atoms with E-state index in [-0.39, 0.29) is 33.9 Å². The lowest BCUT2D eigenvalue weighted by Crippen LogP contribution is -2.35. The molecule has 1 atom stereocenters. The van der Waals surface area contributed by atoms with Gasteiger partial charge in [0.1, 0.15) is 34.2 Å². The van der Waals surface area contributed by atoms with E-state index in [1.54, 1.807) is 6.92 Å². The Morgan fingerprint density at radius 1 is 1.21 bits per heavy atom. The molecule has 3 aromatic rings. The van der Waals surface area contributed by atoms with Crippen LogP contribution in [0.1, 0.15) is 31.9 Å². The monoisotopic (exact) mass is 403 g/mol. The zero-order chi connectivity index (χ0) is 20.7. The number of aromatic nitrogens is 3. The summed E-state index contributed by atoms with van der Waals surface area (Å²) in [7, 11) is 1.85. The van der Waals surface area contributed by atoms with Gasteiger partial charge in [-0.25, -0.2) is 13.8 Å². The van der Waals surface area contributed by atoms with Crippen LogP contribution >= 0.6 is 11.6 Å². The van der Waals surface area contributed by atoms with Crippen molar-refractivity contribution in [3.05, 3.63) is 46.2 Å². The van der Waals surface area contributed by atoms with Crippen molar-refractivity contribution in [3.63, 3.8) is 0 Å². The molecule has 0 saturated carbocycles. The number of nitrogens with zero attached hydrogens (tertiary/aromatic N) is 5. The van der Waals surface area contributed by atoms with E-state index in [1.807, 2.05) is 24.9 Å². The third kappa shape index (κ3) is 3.18. The van der Waals surface area contributed by atoms with Crippen LogP contribution in [0.4, 0.5) is 14.6 Å². The van der Waals surface area contributed by atoms with Gasteiger partial charge < -0.3 is 4.90 Å². The highest BCUT2D eigenvalue weighted by Gasteiger charge is 2.28. The largest absolute Gasteiger partial charge is 0.356 e. The summed E-state index contributed by atoms with van der Waals surface area (Å²) in [5.74, 6) is -0.642.